The van der Waals surface area contributed by atoms with Crippen LogP contribution in [0.5, 0.6) is 5.75 Å². The molecule has 0 saturated carbocycles. The highest BCUT2D eigenvalue weighted by Crippen LogP contribution is 2.23. The molecule has 31 heavy (non-hydrogen) atoms. The molecule has 0 aliphatic rings. The number of aromatic nitrogens is 2. The average molecular weight is 431 g/mol. The number of nitrogens with two attached hydrogens (primary N) is 1. The minimum Gasteiger partial charge on any atom is -0.477 e. The summed E-state index contributed by atoms with van der Waals surface area (Å²) in [4.78, 5) is 38.8. The van der Waals surface area contributed by atoms with E-state index in [2.05, 4.69) is 9.97 Å². The first-order chi connectivity index (χ1) is 14.9. The van der Waals surface area contributed by atoms with Gasteiger partial charge in [-0.2, -0.15) is 0 Å². The molecule has 2 aromatic carbocycles. The van der Waals surface area contributed by atoms with Crippen molar-refractivity contribution in [3.63, 3.8) is 0 Å². The molecule has 1 heterocycles. The molecule has 0 radical (unpaired) electrons. The molecule has 0 unspecified atom stereocenters. The Morgan fingerprint density at radius 3 is 2.42 bits per heavy atom. The maximum Gasteiger partial charge on any atom is 0.352 e. The van der Waals surface area contributed by atoms with Crippen molar-refractivity contribution in [2.75, 3.05) is 27.1 Å². The standard InChI is InChI=1S/C19H18N2O6.C2H7NO/c1-26-10-27-14-6-5-12-4-2-11(8-13(12)9-14)3-7-15-16(18(23)24)20-19(25)21-17(15)22;3-1-2-4/h2,4-6,8-9H,3,7,10H2,1H3,(H,23,24)(H2,20,21,22,25);4H,1-3H2. The lowest BCUT2D eigenvalue weighted by Gasteiger charge is -2.08. The number of carboxylic acid groups (broad SMARTS) is 1. The molecule has 0 bridgehead atoms. The molecule has 0 spiro atoms. The SMILES string of the molecule is COCOc1ccc2ccc(CCc3c(C(=O)O)[nH]c(=O)[nH]c3=O)cc2c1.NCCO. The molecule has 0 saturated heterocycles. The molecule has 6 N–H and O–H groups in total. The van der Waals surface area contributed by atoms with E-state index in [4.69, 9.17) is 20.3 Å². The number of aliphatic hydroxyl groups is 1. The summed E-state index contributed by atoms with van der Waals surface area (Å²) >= 11 is 0. The largest absolute Gasteiger partial charge is 0.477 e. The van der Waals surface area contributed by atoms with Crippen molar-refractivity contribution in [2.24, 2.45) is 5.73 Å². The smallest absolute Gasteiger partial charge is 0.352 e. The van der Waals surface area contributed by atoms with Crippen LogP contribution in [-0.2, 0) is 17.6 Å². The van der Waals surface area contributed by atoms with Gasteiger partial charge in [0.15, 0.2) is 6.79 Å². The zero-order valence-corrected chi connectivity index (χ0v) is 17.0. The highest BCUT2D eigenvalue weighted by molar-refractivity contribution is 5.87. The number of fused-ring (bicyclic) bond motifs is 1. The molecule has 10 nitrogen and oxygen atoms in total. The molecule has 3 rings (SSSR count). The summed E-state index contributed by atoms with van der Waals surface area (Å²) in [5, 5.41) is 18.9. The topological polar surface area (TPSA) is 168 Å². The van der Waals surface area contributed by atoms with Crippen LogP contribution in [0.25, 0.3) is 10.8 Å². The lowest BCUT2D eigenvalue weighted by molar-refractivity contribution is 0.0512. The van der Waals surface area contributed by atoms with Crippen molar-refractivity contribution in [3.8, 4) is 5.75 Å². The van der Waals surface area contributed by atoms with Crippen LogP contribution in [0, 0.1) is 0 Å². The van der Waals surface area contributed by atoms with Gasteiger partial charge in [-0.1, -0.05) is 24.3 Å². The number of carboxylic acids is 1. The van der Waals surface area contributed by atoms with E-state index in [0.29, 0.717) is 18.7 Å². The minimum atomic E-state index is -1.34. The maximum atomic E-state index is 12.0. The Bertz CT molecular complexity index is 1140. The Labute approximate surface area is 177 Å². The fraction of sp³-hybridized carbons (Fsp3) is 0.286. The Morgan fingerprint density at radius 2 is 1.77 bits per heavy atom. The van der Waals surface area contributed by atoms with Crippen molar-refractivity contribution >= 4 is 16.7 Å². The molecule has 166 valence electrons. The molecule has 10 heteroatoms. The van der Waals surface area contributed by atoms with Crippen LogP contribution in [0.3, 0.4) is 0 Å². The van der Waals surface area contributed by atoms with Crippen LogP contribution in [0.15, 0.2) is 46.0 Å². The number of benzene rings is 2. The van der Waals surface area contributed by atoms with Gasteiger partial charge in [-0.3, -0.25) is 9.78 Å². The summed E-state index contributed by atoms with van der Waals surface area (Å²) in [6, 6.07) is 11.5. The second kappa shape index (κ2) is 11.6. The van der Waals surface area contributed by atoms with E-state index >= 15 is 0 Å². The highest BCUT2D eigenvalue weighted by atomic mass is 16.7. The van der Waals surface area contributed by atoms with Crippen LogP contribution >= 0.6 is 0 Å². The number of rotatable bonds is 8. The number of nitrogens with one attached hydrogen (secondary N) is 2. The van der Waals surface area contributed by atoms with E-state index in [1.54, 1.807) is 7.11 Å². The second-order valence-electron chi connectivity index (χ2n) is 6.47. The first-order valence-corrected chi connectivity index (χ1v) is 9.43. The monoisotopic (exact) mass is 431 g/mol. The number of aryl methyl sites for hydroxylation is 1. The Kier molecular flexibility index (Phi) is 8.94. The zero-order chi connectivity index (χ0) is 22.8. The molecule has 0 amide bonds. The van der Waals surface area contributed by atoms with Crippen molar-refractivity contribution in [3.05, 3.63) is 74.1 Å². The molecule has 0 atom stereocenters. The first kappa shape index (κ1) is 23.8. The quantitative estimate of drug-likeness (QED) is 0.323. The second-order valence-corrected chi connectivity index (χ2v) is 6.47. The summed E-state index contributed by atoms with van der Waals surface area (Å²) in [5.41, 5.74) is 3.84. The summed E-state index contributed by atoms with van der Waals surface area (Å²) in [6.07, 6.45) is 0.619. The van der Waals surface area contributed by atoms with Gasteiger partial charge in [0.2, 0.25) is 0 Å². The number of aromatic amines is 2. The van der Waals surface area contributed by atoms with E-state index in [-0.39, 0.29) is 31.1 Å². The van der Waals surface area contributed by atoms with Crippen LogP contribution < -0.4 is 21.7 Å². The maximum absolute atomic E-state index is 12.0. The molecule has 0 fully saturated rings. The third-order valence-corrected chi connectivity index (χ3v) is 4.27. The highest BCUT2D eigenvalue weighted by Gasteiger charge is 2.15. The van der Waals surface area contributed by atoms with Gasteiger partial charge in [-0.15, -0.1) is 0 Å². The van der Waals surface area contributed by atoms with Gasteiger partial charge >= 0.3 is 11.7 Å². The third-order valence-electron chi connectivity index (χ3n) is 4.27. The van der Waals surface area contributed by atoms with Gasteiger partial charge in [-0.25, -0.2) is 9.59 Å². The molecular weight excluding hydrogens is 406 g/mol. The number of aromatic carboxylic acids is 1. The number of methoxy groups -OCH3 is 1. The van der Waals surface area contributed by atoms with Gasteiger partial charge in [0.25, 0.3) is 5.56 Å². The average Bonchev–Trinajstić information content (AvgIpc) is 2.76. The number of H-pyrrole nitrogens is 2. The van der Waals surface area contributed by atoms with E-state index in [0.717, 1.165) is 16.3 Å². The van der Waals surface area contributed by atoms with Gasteiger partial charge in [0.05, 0.1) is 6.61 Å². The molecule has 0 aliphatic carbocycles. The van der Waals surface area contributed by atoms with E-state index in [1.807, 2.05) is 36.4 Å². The van der Waals surface area contributed by atoms with E-state index in [1.165, 1.54) is 0 Å². The summed E-state index contributed by atoms with van der Waals surface area (Å²) in [6.45, 7) is 0.623. The van der Waals surface area contributed by atoms with Crippen LogP contribution in [0.2, 0.25) is 0 Å². The zero-order valence-electron chi connectivity index (χ0n) is 17.0. The lowest BCUT2D eigenvalue weighted by atomic mass is 10.0. The van der Waals surface area contributed by atoms with Crippen molar-refractivity contribution in [1.29, 1.82) is 0 Å². The van der Waals surface area contributed by atoms with Gasteiger partial charge < -0.3 is 30.4 Å². The van der Waals surface area contributed by atoms with Crippen LogP contribution in [0.4, 0.5) is 0 Å². The van der Waals surface area contributed by atoms with Crippen molar-refractivity contribution in [2.45, 2.75) is 12.8 Å². The van der Waals surface area contributed by atoms with Crippen molar-refractivity contribution in [1.82, 2.24) is 9.97 Å². The minimum absolute atomic E-state index is 0.0411. The number of ether oxygens (including phenoxy) is 2. The summed E-state index contributed by atoms with van der Waals surface area (Å²) in [7, 11) is 1.54. The van der Waals surface area contributed by atoms with E-state index < -0.39 is 17.2 Å². The Morgan fingerprint density at radius 1 is 1.06 bits per heavy atom. The number of aliphatic hydroxyl groups excluding tert-OH is 1. The molecule has 0 aliphatic heterocycles. The summed E-state index contributed by atoms with van der Waals surface area (Å²) < 4.78 is 10.3. The normalized spacial score (nSPS) is 10.4. The van der Waals surface area contributed by atoms with E-state index in [9.17, 15) is 19.5 Å². The number of hydrogen-bond donors (Lipinski definition) is 5. The van der Waals surface area contributed by atoms with Gasteiger partial charge in [-0.05, 0) is 41.3 Å². The Hall–Kier alpha value is -3.47. The predicted octanol–water partition coefficient (Wildman–Crippen LogP) is 0.620. The fourth-order valence-corrected chi connectivity index (χ4v) is 2.85. The van der Waals surface area contributed by atoms with Gasteiger partial charge in [0.1, 0.15) is 11.4 Å². The molecule has 3 aromatic rings. The lowest BCUT2D eigenvalue weighted by Crippen LogP contribution is -2.30. The third kappa shape index (κ3) is 6.78. The molecule has 1 aromatic heterocycles. The van der Waals surface area contributed by atoms with Gasteiger partial charge in [0, 0.05) is 19.2 Å². The van der Waals surface area contributed by atoms with Crippen LogP contribution in [-0.4, -0.2) is 53.2 Å². The first-order valence-electron chi connectivity index (χ1n) is 9.43. The summed E-state index contributed by atoms with van der Waals surface area (Å²) in [5.74, 6) is -0.668. The Balaban J connectivity index is 0.000000785. The fourth-order valence-electron chi connectivity index (χ4n) is 2.85. The predicted molar refractivity (Wildman–Crippen MR) is 115 cm³/mol. The van der Waals surface area contributed by atoms with Crippen molar-refractivity contribution < 1.29 is 24.5 Å². The van der Waals surface area contributed by atoms with Crippen LogP contribution in [0.1, 0.15) is 21.6 Å². The number of carbonyl (C=O) groups is 1. The molecular formula is C21H25N3O7. The number of hydrogen-bond acceptors (Lipinski definition) is 7.